The number of carboxylic acids is 1. The van der Waals surface area contributed by atoms with E-state index in [0.29, 0.717) is 16.8 Å². The van der Waals surface area contributed by atoms with Crippen molar-refractivity contribution in [2.75, 3.05) is 0 Å². The van der Waals surface area contributed by atoms with Gasteiger partial charge in [-0.15, -0.1) is 0 Å². The standard InChI is InChI=1S/C13H10FN3O2/c1-17-10(6-9(16-17)13(18)19)8-3-2-7-4-5-15-12(7)11(8)14/h2-6,15H,1H3,(H,18,19). The van der Waals surface area contributed by atoms with Gasteiger partial charge < -0.3 is 10.1 Å². The number of fused-ring (bicyclic) bond motifs is 1. The minimum absolute atomic E-state index is 0.108. The molecule has 0 spiro atoms. The lowest BCUT2D eigenvalue weighted by Crippen LogP contribution is -1.99. The fourth-order valence-electron chi connectivity index (χ4n) is 2.11. The summed E-state index contributed by atoms with van der Waals surface area (Å²) in [5, 5.41) is 13.5. The number of nitrogens with one attached hydrogen (secondary N) is 1. The number of aryl methyl sites for hydroxylation is 1. The molecule has 0 unspecified atom stereocenters. The van der Waals surface area contributed by atoms with Crippen molar-refractivity contribution in [1.29, 1.82) is 0 Å². The molecule has 0 fully saturated rings. The first-order valence-electron chi connectivity index (χ1n) is 5.61. The highest BCUT2D eigenvalue weighted by Crippen LogP contribution is 2.28. The van der Waals surface area contributed by atoms with Crippen LogP contribution in [-0.2, 0) is 7.05 Å². The van der Waals surface area contributed by atoms with E-state index in [1.807, 2.05) is 0 Å². The van der Waals surface area contributed by atoms with Gasteiger partial charge in [-0.2, -0.15) is 5.10 Å². The summed E-state index contributed by atoms with van der Waals surface area (Å²) < 4.78 is 15.7. The van der Waals surface area contributed by atoms with Crippen molar-refractivity contribution >= 4 is 16.9 Å². The summed E-state index contributed by atoms with van der Waals surface area (Å²) in [6.07, 6.45) is 1.66. The van der Waals surface area contributed by atoms with Crippen LogP contribution >= 0.6 is 0 Å². The zero-order chi connectivity index (χ0) is 13.6. The van der Waals surface area contributed by atoms with Crippen LogP contribution in [0.5, 0.6) is 0 Å². The van der Waals surface area contributed by atoms with Crippen molar-refractivity contribution in [3.63, 3.8) is 0 Å². The molecule has 3 aromatic rings. The molecule has 0 amide bonds. The van der Waals surface area contributed by atoms with Gasteiger partial charge in [0.25, 0.3) is 0 Å². The Kier molecular flexibility index (Phi) is 2.38. The number of carbonyl (C=O) groups is 1. The zero-order valence-corrected chi connectivity index (χ0v) is 10.0. The van der Waals surface area contributed by atoms with Crippen LogP contribution in [-0.4, -0.2) is 25.8 Å². The average molecular weight is 259 g/mol. The van der Waals surface area contributed by atoms with Gasteiger partial charge in [0.1, 0.15) is 0 Å². The fraction of sp³-hybridized carbons (Fsp3) is 0.0769. The number of aromatic carboxylic acids is 1. The van der Waals surface area contributed by atoms with Gasteiger partial charge in [0.05, 0.1) is 11.2 Å². The molecule has 6 heteroatoms. The third kappa shape index (κ3) is 1.69. The molecule has 2 aromatic heterocycles. The summed E-state index contributed by atoms with van der Waals surface area (Å²) in [6.45, 7) is 0. The van der Waals surface area contributed by atoms with Crippen molar-refractivity contribution in [1.82, 2.24) is 14.8 Å². The molecule has 0 aliphatic rings. The molecule has 0 aliphatic carbocycles. The quantitative estimate of drug-likeness (QED) is 0.742. The van der Waals surface area contributed by atoms with Gasteiger partial charge in [0.2, 0.25) is 0 Å². The first kappa shape index (κ1) is 11.5. The maximum atomic E-state index is 14.4. The van der Waals surface area contributed by atoms with Gasteiger partial charge in [-0.05, 0) is 18.2 Å². The Morgan fingerprint density at radius 1 is 1.42 bits per heavy atom. The van der Waals surface area contributed by atoms with Gasteiger partial charge in [-0.1, -0.05) is 6.07 Å². The molecule has 0 saturated carbocycles. The monoisotopic (exact) mass is 259 g/mol. The van der Waals surface area contributed by atoms with Crippen LogP contribution in [0.2, 0.25) is 0 Å². The molecule has 0 saturated heterocycles. The third-order valence-corrected chi connectivity index (χ3v) is 3.04. The highest BCUT2D eigenvalue weighted by atomic mass is 19.1. The lowest BCUT2D eigenvalue weighted by Gasteiger charge is -2.04. The van der Waals surface area contributed by atoms with E-state index < -0.39 is 11.8 Å². The number of hydrogen-bond acceptors (Lipinski definition) is 2. The molecule has 0 aliphatic heterocycles. The number of benzene rings is 1. The van der Waals surface area contributed by atoms with Gasteiger partial charge in [0, 0.05) is 24.2 Å². The van der Waals surface area contributed by atoms with E-state index >= 15 is 0 Å². The molecular formula is C13H10FN3O2. The average Bonchev–Trinajstić information content (AvgIpc) is 2.97. The minimum Gasteiger partial charge on any atom is -0.476 e. The Morgan fingerprint density at radius 2 is 2.21 bits per heavy atom. The molecule has 2 N–H and O–H groups in total. The second kappa shape index (κ2) is 3.94. The Hall–Kier alpha value is -2.63. The van der Waals surface area contributed by atoms with E-state index in [9.17, 15) is 9.18 Å². The maximum Gasteiger partial charge on any atom is 0.356 e. The molecular weight excluding hydrogens is 249 g/mol. The summed E-state index contributed by atoms with van der Waals surface area (Å²) in [4.78, 5) is 13.7. The second-order valence-electron chi connectivity index (χ2n) is 4.21. The number of halogens is 1. The number of aromatic nitrogens is 3. The first-order valence-corrected chi connectivity index (χ1v) is 5.61. The van der Waals surface area contributed by atoms with Gasteiger partial charge >= 0.3 is 5.97 Å². The molecule has 3 rings (SSSR count). The normalized spacial score (nSPS) is 11.1. The third-order valence-electron chi connectivity index (χ3n) is 3.04. The summed E-state index contributed by atoms with van der Waals surface area (Å²) in [5.74, 6) is -1.55. The SMILES string of the molecule is Cn1nc(C(=O)O)cc1-c1ccc2cc[nH]c2c1F. The predicted molar refractivity (Wildman–Crippen MR) is 67.4 cm³/mol. The lowest BCUT2D eigenvalue weighted by atomic mass is 10.1. The van der Waals surface area contributed by atoms with Crippen LogP contribution in [0.1, 0.15) is 10.5 Å². The van der Waals surface area contributed by atoms with Crippen LogP contribution in [0.25, 0.3) is 22.2 Å². The highest BCUT2D eigenvalue weighted by Gasteiger charge is 2.17. The Morgan fingerprint density at radius 3 is 2.89 bits per heavy atom. The van der Waals surface area contributed by atoms with Gasteiger partial charge in [-0.3, -0.25) is 4.68 Å². The molecule has 1 aromatic carbocycles. The van der Waals surface area contributed by atoms with Crippen molar-refractivity contribution in [3.05, 3.63) is 42.0 Å². The lowest BCUT2D eigenvalue weighted by molar-refractivity contribution is 0.0689. The Labute approximate surface area is 107 Å². The molecule has 0 radical (unpaired) electrons. The number of H-pyrrole nitrogens is 1. The van der Waals surface area contributed by atoms with E-state index in [1.54, 1.807) is 31.4 Å². The van der Waals surface area contributed by atoms with E-state index in [1.165, 1.54) is 10.7 Å². The maximum absolute atomic E-state index is 14.4. The van der Waals surface area contributed by atoms with Gasteiger partial charge in [0.15, 0.2) is 11.5 Å². The highest BCUT2D eigenvalue weighted by molar-refractivity contribution is 5.89. The smallest absolute Gasteiger partial charge is 0.356 e. The summed E-state index contributed by atoms with van der Waals surface area (Å²) in [5.41, 5.74) is 1.03. The largest absolute Gasteiger partial charge is 0.476 e. The number of rotatable bonds is 2. The number of nitrogens with zero attached hydrogens (tertiary/aromatic N) is 2. The molecule has 0 atom stereocenters. The Bertz CT molecular complexity index is 788. The zero-order valence-electron chi connectivity index (χ0n) is 10.0. The van der Waals surface area contributed by atoms with Crippen LogP contribution in [0, 0.1) is 5.82 Å². The van der Waals surface area contributed by atoms with E-state index in [2.05, 4.69) is 10.1 Å². The number of aromatic amines is 1. The topological polar surface area (TPSA) is 70.9 Å². The van der Waals surface area contributed by atoms with Crippen molar-refractivity contribution < 1.29 is 14.3 Å². The Balaban J connectivity index is 2.24. The minimum atomic E-state index is -1.14. The van der Waals surface area contributed by atoms with Crippen LogP contribution in [0.4, 0.5) is 4.39 Å². The van der Waals surface area contributed by atoms with E-state index in [4.69, 9.17) is 5.11 Å². The summed E-state index contributed by atoms with van der Waals surface area (Å²) in [6, 6.07) is 6.52. The molecule has 19 heavy (non-hydrogen) atoms. The predicted octanol–water partition coefficient (Wildman–Crippen LogP) is 2.41. The first-order chi connectivity index (χ1) is 9.08. The second-order valence-corrected chi connectivity index (χ2v) is 4.21. The van der Waals surface area contributed by atoms with Crippen molar-refractivity contribution in [3.8, 4) is 11.3 Å². The summed E-state index contributed by atoms with van der Waals surface area (Å²) >= 11 is 0. The summed E-state index contributed by atoms with van der Waals surface area (Å²) in [7, 11) is 1.58. The number of carboxylic acid groups (broad SMARTS) is 1. The number of hydrogen-bond donors (Lipinski definition) is 2. The van der Waals surface area contributed by atoms with E-state index in [-0.39, 0.29) is 5.69 Å². The van der Waals surface area contributed by atoms with Crippen LogP contribution < -0.4 is 0 Å². The van der Waals surface area contributed by atoms with Gasteiger partial charge in [-0.25, -0.2) is 9.18 Å². The molecule has 5 nitrogen and oxygen atoms in total. The van der Waals surface area contributed by atoms with Crippen LogP contribution in [0.3, 0.4) is 0 Å². The van der Waals surface area contributed by atoms with Crippen LogP contribution in [0.15, 0.2) is 30.5 Å². The molecule has 96 valence electrons. The van der Waals surface area contributed by atoms with Crippen molar-refractivity contribution in [2.24, 2.45) is 7.05 Å². The van der Waals surface area contributed by atoms with Crippen molar-refractivity contribution in [2.45, 2.75) is 0 Å². The molecule has 0 bridgehead atoms. The fourth-order valence-corrected chi connectivity index (χ4v) is 2.11. The van der Waals surface area contributed by atoms with E-state index in [0.717, 1.165) is 5.39 Å². The molecule has 2 heterocycles.